The predicted molar refractivity (Wildman–Crippen MR) is 155 cm³/mol. The van der Waals surface area contributed by atoms with E-state index in [-0.39, 0.29) is 31.5 Å². The predicted octanol–water partition coefficient (Wildman–Crippen LogP) is 4.17. The van der Waals surface area contributed by atoms with Crippen LogP contribution in [0.2, 0.25) is 5.02 Å². The molecule has 3 aromatic carbocycles. The number of nitrogens with one attached hydrogen (secondary N) is 2. The van der Waals surface area contributed by atoms with Crippen LogP contribution in [0.5, 0.6) is 11.5 Å². The molecule has 0 bridgehead atoms. The Hall–Kier alpha value is -5.08. The second-order valence-corrected chi connectivity index (χ2v) is 10.1. The number of halogens is 3. The minimum absolute atomic E-state index is 0.0556. The fraction of sp³-hybridized carbons (Fsp3) is 0.207. The SMILES string of the molecule is O=C(NCCc1ccc2c(c1)OCO2)Nc1ccc(Cl)cc1.OC(Cn1cncn1)(Cn1cncn1)c1ccc(F)cc1F. The highest BCUT2D eigenvalue weighted by Crippen LogP contribution is 2.32. The van der Waals surface area contributed by atoms with Gasteiger partial charge in [0, 0.05) is 28.9 Å². The normalized spacial score (nSPS) is 11.9. The standard InChI is InChI=1S/C16H15ClN2O3.C13H12F2N6O/c17-12-2-4-13(5-3-12)19-16(20)18-8-7-11-1-6-14-15(9-11)22-10-21-14;14-10-1-2-11(12(15)3-10)13(22,4-20-8-16-6-18-20)5-21-9-17-7-19-21/h1-6,9H,7-8,10H2,(H2,18,19,20);1-3,6-9,22H,4-5H2. The number of carbonyl (C=O) groups excluding carboxylic acids is 1. The molecule has 44 heavy (non-hydrogen) atoms. The van der Waals surface area contributed by atoms with Crippen LogP contribution in [0.3, 0.4) is 0 Å². The largest absolute Gasteiger partial charge is 0.454 e. The molecule has 5 aromatic rings. The van der Waals surface area contributed by atoms with Crippen LogP contribution in [0, 0.1) is 11.6 Å². The molecule has 0 atom stereocenters. The fourth-order valence-electron chi connectivity index (χ4n) is 4.38. The van der Waals surface area contributed by atoms with Crippen LogP contribution < -0.4 is 20.1 Å². The van der Waals surface area contributed by atoms with Gasteiger partial charge in [-0.25, -0.2) is 32.9 Å². The number of hydrogen-bond donors (Lipinski definition) is 3. The van der Waals surface area contributed by atoms with Crippen molar-refractivity contribution in [1.29, 1.82) is 0 Å². The number of anilines is 1. The summed E-state index contributed by atoms with van der Waals surface area (Å²) in [6, 6.07) is 15.5. The number of ether oxygens (including phenoxy) is 2. The van der Waals surface area contributed by atoms with Crippen molar-refractivity contribution in [2.45, 2.75) is 25.1 Å². The first kappa shape index (κ1) is 30.4. The van der Waals surface area contributed by atoms with Crippen LogP contribution in [0.4, 0.5) is 19.3 Å². The lowest BCUT2D eigenvalue weighted by Crippen LogP contribution is -2.37. The zero-order chi connectivity index (χ0) is 30.9. The molecule has 0 spiro atoms. The Morgan fingerprint density at radius 3 is 2.25 bits per heavy atom. The van der Waals surface area contributed by atoms with Gasteiger partial charge in [0.2, 0.25) is 6.79 Å². The molecule has 0 aliphatic carbocycles. The topological polar surface area (TPSA) is 141 Å². The van der Waals surface area contributed by atoms with E-state index < -0.39 is 17.2 Å². The number of fused-ring (bicyclic) bond motifs is 1. The van der Waals surface area contributed by atoms with Crippen molar-refractivity contribution in [2.75, 3.05) is 18.7 Å². The summed E-state index contributed by atoms with van der Waals surface area (Å²) in [5.41, 5.74) is 0.0278. The van der Waals surface area contributed by atoms with Gasteiger partial charge in [0.05, 0.1) is 13.1 Å². The number of rotatable bonds is 9. The number of nitrogens with zero attached hydrogens (tertiary/aromatic N) is 6. The van der Waals surface area contributed by atoms with Gasteiger partial charge < -0.3 is 25.2 Å². The highest BCUT2D eigenvalue weighted by Gasteiger charge is 2.34. The summed E-state index contributed by atoms with van der Waals surface area (Å²) in [7, 11) is 0. The summed E-state index contributed by atoms with van der Waals surface area (Å²) in [5, 5.41) is 25.0. The molecule has 0 fully saturated rings. The molecule has 3 heterocycles. The van der Waals surface area contributed by atoms with Crippen LogP contribution in [-0.4, -0.2) is 54.0 Å². The third-order valence-corrected chi connectivity index (χ3v) is 6.70. The highest BCUT2D eigenvalue weighted by atomic mass is 35.5. The molecule has 1 aliphatic rings. The molecule has 6 rings (SSSR count). The minimum atomic E-state index is -1.70. The molecule has 0 saturated carbocycles. The van der Waals surface area contributed by atoms with Gasteiger partial charge in [-0.2, -0.15) is 10.2 Å². The van der Waals surface area contributed by atoms with E-state index in [4.69, 9.17) is 21.1 Å². The lowest BCUT2D eigenvalue weighted by molar-refractivity contribution is -0.00856. The molecule has 15 heteroatoms. The van der Waals surface area contributed by atoms with Crippen LogP contribution in [0.1, 0.15) is 11.1 Å². The first-order valence-corrected chi connectivity index (χ1v) is 13.7. The van der Waals surface area contributed by atoms with E-state index in [1.807, 2.05) is 18.2 Å². The molecule has 1 aliphatic heterocycles. The van der Waals surface area contributed by atoms with Gasteiger partial charge in [-0.05, 0) is 54.4 Å². The monoisotopic (exact) mass is 624 g/mol. The van der Waals surface area contributed by atoms with Crippen molar-refractivity contribution in [1.82, 2.24) is 34.8 Å². The Morgan fingerprint density at radius 1 is 0.932 bits per heavy atom. The summed E-state index contributed by atoms with van der Waals surface area (Å²) in [4.78, 5) is 19.3. The lowest BCUT2D eigenvalue weighted by atomic mass is 9.93. The molecule has 12 nitrogen and oxygen atoms in total. The Balaban J connectivity index is 0.000000175. The van der Waals surface area contributed by atoms with Gasteiger partial charge in [-0.15, -0.1) is 0 Å². The van der Waals surface area contributed by atoms with Crippen LogP contribution in [0.15, 0.2) is 86.0 Å². The maximum atomic E-state index is 14.1. The zero-order valence-corrected chi connectivity index (χ0v) is 23.9. The van der Waals surface area contributed by atoms with Crippen molar-refractivity contribution in [3.05, 3.63) is 114 Å². The number of hydrogen-bond acceptors (Lipinski definition) is 8. The van der Waals surface area contributed by atoms with Crippen molar-refractivity contribution in [3.8, 4) is 11.5 Å². The maximum absolute atomic E-state index is 14.1. The second-order valence-electron chi connectivity index (χ2n) is 9.67. The van der Waals surface area contributed by atoms with Gasteiger partial charge in [-0.1, -0.05) is 23.7 Å². The Kier molecular flexibility index (Phi) is 9.62. The number of carbonyl (C=O) groups is 1. The van der Waals surface area contributed by atoms with Crippen molar-refractivity contribution in [2.24, 2.45) is 0 Å². The van der Waals surface area contributed by atoms with Crippen LogP contribution in [-0.2, 0) is 25.1 Å². The quantitative estimate of drug-likeness (QED) is 0.222. The molecule has 3 N–H and O–H groups in total. The number of amides is 2. The van der Waals surface area contributed by atoms with Gasteiger partial charge in [0.15, 0.2) is 11.5 Å². The molecule has 0 unspecified atom stereocenters. The Morgan fingerprint density at radius 2 is 1.61 bits per heavy atom. The zero-order valence-electron chi connectivity index (χ0n) is 23.1. The number of aromatic nitrogens is 6. The molecule has 0 saturated heterocycles. The van der Waals surface area contributed by atoms with Gasteiger partial charge >= 0.3 is 6.03 Å². The van der Waals surface area contributed by atoms with E-state index in [9.17, 15) is 18.7 Å². The average Bonchev–Trinajstić information content (AvgIpc) is 3.78. The lowest BCUT2D eigenvalue weighted by Gasteiger charge is -2.28. The van der Waals surface area contributed by atoms with E-state index >= 15 is 0 Å². The van der Waals surface area contributed by atoms with Crippen molar-refractivity contribution >= 4 is 23.3 Å². The smallest absolute Gasteiger partial charge is 0.319 e. The summed E-state index contributed by atoms with van der Waals surface area (Å²) < 4.78 is 40.5. The average molecular weight is 625 g/mol. The first-order valence-electron chi connectivity index (χ1n) is 13.3. The Labute approximate surface area is 255 Å². The van der Waals surface area contributed by atoms with E-state index in [1.54, 1.807) is 24.3 Å². The van der Waals surface area contributed by atoms with E-state index in [0.717, 1.165) is 29.2 Å². The van der Waals surface area contributed by atoms with Crippen molar-refractivity contribution in [3.63, 3.8) is 0 Å². The van der Waals surface area contributed by atoms with E-state index in [0.29, 0.717) is 23.7 Å². The fourth-order valence-corrected chi connectivity index (χ4v) is 4.50. The summed E-state index contributed by atoms with van der Waals surface area (Å²) in [6.45, 7) is 0.643. The number of urea groups is 1. The summed E-state index contributed by atoms with van der Waals surface area (Å²) >= 11 is 5.79. The third kappa shape index (κ3) is 8.05. The summed E-state index contributed by atoms with van der Waals surface area (Å²) in [6.07, 6.45) is 6.11. The molecular weight excluding hydrogens is 598 g/mol. The minimum Gasteiger partial charge on any atom is -0.454 e. The molecule has 2 amide bonds. The highest BCUT2D eigenvalue weighted by molar-refractivity contribution is 6.30. The van der Waals surface area contributed by atoms with Crippen molar-refractivity contribution < 1.29 is 28.2 Å². The maximum Gasteiger partial charge on any atom is 0.319 e. The third-order valence-electron chi connectivity index (χ3n) is 6.45. The molecule has 228 valence electrons. The molecule has 2 aromatic heterocycles. The Bertz CT molecular complexity index is 1640. The second kappa shape index (κ2) is 13.9. The summed E-state index contributed by atoms with van der Waals surface area (Å²) in [5.74, 6) is -0.0480. The molecule has 0 radical (unpaired) electrons. The first-order chi connectivity index (χ1) is 21.3. The van der Waals surface area contributed by atoms with Crippen LogP contribution >= 0.6 is 11.6 Å². The van der Waals surface area contributed by atoms with E-state index in [2.05, 4.69) is 30.8 Å². The number of aliphatic hydroxyl groups is 1. The number of benzene rings is 3. The van der Waals surface area contributed by atoms with Gasteiger partial charge in [0.25, 0.3) is 0 Å². The molecular formula is C29H27ClF2N8O4. The van der Waals surface area contributed by atoms with Crippen LogP contribution in [0.25, 0.3) is 0 Å². The van der Waals surface area contributed by atoms with Gasteiger partial charge in [-0.3, -0.25) is 0 Å². The van der Waals surface area contributed by atoms with Gasteiger partial charge in [0.1, 0.15) is 42.5 Å². The van der Waals surface area contributed by atoms with E-state index in [1.165, 1.54) is 40.7 Å².